The van der Waals surface area contributed by atoms with Gasteiger partial charge >= 0.3 is 0 Å². The van der Waals surface area contributed by atoms with E-state index in [0.717, 1.165) is 0 Å². The fraction of sp³-hybridized carbons (Fsp3) is 0.800. The van der Waals surface area contributed by atoms with Crippen molar-refractivity contribution < 1.29 is 8.42 Å². The van der Waals surface area contributed by atoms with E-state index in [1.54, 1.807) is 6.92 Å². The minimum atomic E-state index is -3.45. The molecule has 3 N–H and O–H groups in total. The van der Waals surface area contributed by atoms with Gasteiger partial charge in [0.2, 0.25) is 10.0 Å². The Kier molecular flexibility index (Phi) is 4.09. The summed E-state index contributed by atoms with van der Waals surface area (Å²) >= 11 is 4.60. The molecule has 0 saturated carbocycles. The molecule has 0 amide bonds. The number of thiocarbonyl (C=S) groups is 1. The van der Waals surface area contributed by atoms with E-state index in [9.17, 15) is 8.42 Å². The fourth-order valence-electron chi connectivity index (χ4n) is 0.506. The zero-order valence-electron chi connectivity index (χ0n) is 6.49. The van der Waals surface area contributed by atoms with Crippen LogP contribution in [0.3, 0.4) is 0 Å². The van der Waals surface area contributed by atoms with E-state index in [0.29, 0.717) is 6.54 Å². The molecular weight excluding hydrogens is 184 g/mol. The van der Waals surface area contributed by atoms with E-state index in [-0.39, 0.29) is 4.20 Å². The van der Waals surface area contributed by atoms with E-state index in [1.807, 2.05) is 0 Å². The third-order valence-corrected chi connectivity index (χ3v) is 3.57. The first kappa shape index (κ1) is 11.0. The quantitative estimate of drug-likeness (QED) is 0.602. The topological polar surface area (TPSA) is 72.2 Å². The number of sulfonamides is 1. The molecule has 0 aromatic carbocycles. The van der Waals surface area contributed by atoms with Gasteiger partial charge in [-0.15, -0.1) is 0 Å². The molecule has 66 valence electrons. The Bertz CT molecular complexity index is 233. The minimum Gasteiger partial charge on any atom is -0.323 e. The molecule has 0 aliphatic heterocycles. The molecule has 1 atom stereocenters. The summed E-state index contributed by atoms with van der Waals surface area (Å²) in [4.78, 5) is 0. The summed E-state index contributed by atoms with van der Waals surface area (Å²) in [5.74, 6) is 0. The van der Waals surface area contributed by atoms with Gasteiger partial charge in [0, 0.05) is 12.6 Å². The lowest BCUT2D eigenvalue weighted by Gasteiger charge is -2.07. The lowest BCUT2D eigenvalue weighted by atomic mass is 10.4. The van der Waals surface area contributed by atoms with Crippen LogP contribution in [0.2, 0.25) is 0 Å². The van der Waals surface area contributed by atoms with Gasteiger partial charge in [-0.1, -0.05) is 19.1 Å². The number of nitrogens with one attached hydrogen (secondary N) is 1. The van der Waals surface area contributed by atoms with Crippen LogP contribution in [0.1, 0.15) is 13.8 Å². The largest absolute Gasteiger partial charge is 0.323 e. The van der Waals surface area contributed by atoms with Crippen LogP contribution in [-0.4, -0.2) is 25.2 Å². The zero-order chi connectivity index (χ0) is 9.07. The van der Waals surface area contributed by atoms with Crippen LogP contribution < -0.4 is 10.5 Å². The second kappa shape index (κ2) is 4.10. The second-order valence-electron chi connectivity index (χ2n) is 2.11. The normalized spacial score (nSPS) is 14.5. The van der Waals surface area contributed by atoms with Crippen LogP contribution in [0.15, 0.2) is 0 Å². The molecule has 0 aliphatic carbocycles. The monoisotopic (exact) mass is 196 g/mol. The van der Waals surface area contributed by atoms with Gasteiger partial charge < -0.3 is 5.73 Å². The summed E-state index contributed by atoms with van der Waals surface area (Å²) in [6, 6.07) is -0.603. The highest BCUT2D eigenvalue weighted by atomic mass is 32.2. The lowest BCUT2D eigenvalue weighted by Crippen LogP contribution is -2.39. The van der Waals surface area contributed by atoms with Crippen LogP contribution in [-0.2, 0) is 10.0 Å². The van der Waals surface area contributed by atoms with E-state index < -0.39 is 16.1 Å². The molecule has 0 fully saturated rings. The van der Waals surface area contributed by atoms with Gasteiger partial charge in [0.1, 0.15) is 4.20 Å². The maximum Gasteiger partial charge on any atom is 0.248 e. The van der Waals surface area contributed by atoms with Crippen LogP contribution in [0.4, 0.5) is 0 Å². The second-order valence-corrected chi connectivity index (χ2v) is 4.54. The van der Waals surface area contributed by atoms with Crippen LogP contribution in [0, 0.1) is 0 Å². The maximum atomic E-state index is 11.0. The predicted molar refractivity (Wildman–Crippen MR) is 48.8 cm³/mol. The van der Waals surface area contributed by atoms with E-state index in [4.69, 9.17) is 5.73 Å². The van der Waals surface area contributed by atoms with E-state index in [1.165, 1.54) is 6.92 Å². The average molecular weight is 196 g/mol. The average Bonchev–Trinajstić information content (AvgIpc) is 1.86. The molecule has 0 spiro atoms. The fourth-order valence-corrected chi connectivity index (χ4v) is 1.69. The number of rotatable bonds is 3. The van der Waals surface area contributed by atoms with Gasteiger partial charge in [-0.3, -0.25) is 0 Å². The van der Waals surface area contributed by atoms with Crippen molar-refractivity contribution in [3.63, 3.8) is 0 Å². The van der Waals surface area contributed by atoms with Crippen LogP contribution >= 0.6 is 12.2 Å². The van der Waals surface area contributed by atoms with Gasteiger partial charge in [0.15, 0.2) is 0 Å². The SMILES string of the molecule is CCNS(=O)(=O)C(=S)C(C)N. The Balaban J connectivity index is 4.45. The standard InChI is InChI=1S/C5H12N2O2S2/c1-3-7-11(8,9)5(10)4(2)6/h4,7H,3,6H2,1-2H3. The molecular formula is C5H12N2O2S2. The van der Waals surface area contributed by atoms with Crippen molar-refractivity contribution in [3.8, 4) is 0 Å². The number of hydrogen-bond acceptors (Lipinski definition) is 4. The Hall–Kier alpha value is -0.0400. The Morgan fingerprint density at radius 3 is 2.45 bits per heavy atom. The summed E-state index contributed by atoms with van der Waals surface area (Å²) in [6.07, 6.45) is 0. The Morgan fingerprint density at radius 2 is 2.18 bits per heavy atom. The first-order valence-corrected chi connectivity index (χ1v) is 5.10. The summed E-state index contributed by atoms with van der Waals surface area (Å²) in [6.45, 7) is 3.55. The number of hydrogen-bond donors (Lipinski definition) is 2. The Labute approximate surface area is 72.2 Å². The van der Waals surface area contributed by atoms with Crippen molar-refractivity contribution in [1.29, 1.82) is 0 Å². The highest BCUT2D eigenvalue weighted by molar-refractivity contribution is 8.16. The molecule has 0 aromatic heterocycles. The van der Waals surface area contributed by atoms with Gasteiger partial charge in [-0.05, 0) is 6.92 Å². The van der Waals surface area contributed by atoms with E-state index in [2.05, 4.69) is 16.9 Å². The number of nitrogens with two attached hydrogens (primary N) is 1. The van der Waals surface area contributed by atoms with Gasteiger partial charge in [0.05, 0.1) is 0 Å². The molecule has 0 saturated heterocycles. The third-order valence-electron chi connectivity index (χ3n) is 0.971. The van der Waals surface area contributed by atoms with Crippen molar-refractivity contribution >= 4 is 26.4 Å². The maximum absolute atomic E-state index is 11.0. The highest BCUT2D eigenvalue weighted by Gasteiger charge is 2.19. The molecule has 6 heteroatoms. The molecule has 0 aromatic rings. The summed E-state index contributed by atoms with van der Waals surface area (Å²) < 4.78 is 24.2. The van der Waals surface area contributed by atoms with Crippen molar-refractivity contribution in [2.24, 2.45) is 5.73 Å². The molecule has 0 radical (unpaired) electrons. The minimum absolute atomic E-state index is 0.139. The molecule has 4 nitrogen and oxygen atoms in total. The predicted octanol–water partition coefficient (Wildman–Crippen LogP) is -0.400. The smallest absolute Gasteiger partial charge is 0.248 e. The summed E-state index contributed by atoms with van der Waals surface area (Å²) in [5, 5.41) is 0. The first-order valence-electron chi connectivity index (χ1n) is 3.21. The van der Waals surface area contributed by atoms with Crippen molar-refractivity contribution in [1.82, 2.24) is 4.72 Å². The van der Waals surface area contributed by atoms with Crippen molar-refractivity contribution in [2.75, 3.05) is 6.54 Å². The molecule has 11 heavy (non-hydrogen) atoms. The van der Waals surface area contributed by atoms with E-state index >= 15 is 0 Å². The Morgan fingerprint density at radius 1 is 1.73 bits per heavy atom. The highest BCUT2D eigenvalue weighted by Crippen LogP contribution is 1.94. The molecule has 0 bridgehead atoms. The molecule has 0 aliphatic rings. The van der Waals surface area contributed by atoms with Gasteiger partial charge in [0.25, 0.3) is 0 Å². The van der Waals surface area contributed by atoms with Crippen LogP contribution in [0.5, 0.6) is 0 Å². The first-order chi connectivity index (χ1) is 4.91. The summed E-state index contributed by atoms with van der Waals surface area (Å²) in [7, 11) is -3.45. The third kappa shape index (κ3) is 3.24. The molecule has 0 heterocycles. The van der Waals surface area contributed by atoms with Gasteiger partial charge in [-0.25, -0.2) is 13.1 Å². The summed E-state index contributed by atoms with van der Waals surface area (Å²) in [5.41, 5.74) is 5.29. The molecule has 0 rings (SSSR count). The van der Waals surface area contributed by atoms with Crippen molar-refractivity contribution in [3.05, 3.63) is 0 Å². The van der Waals surface area contributed by atoms with Crippen molar-refractivity contribution in [2.45, 2.75) is 19.9 Å². The van der Waals surface area contributed by atoms with Crippen LogP contribution in [0.25, 0.3) is 0 Å². The zero-order valence-corrected chi connectivity index (χ0v) is 8.13. The lowest BCUT2D eigenvalue weighted by molar-refractivity contribution is 0.595. The molecule has 1 unspecified atom stereocenters. The van der Waals surface area contributed by atoms with Gasteiger partial charge in [-0.2, -0.15) is 0 Å².